The van der Waals surface area contributed by atoms with Crippen LogP contribution in [0, 0.1) is 0 Å². The van der Waals surface area contributed by atoms with Crippen molar-refractivity contribution in [2.75, 3.05) is 19.7 Å². The van der Waals surface area contributed by atoms with Gasteiger partial charge in [-0.3, -0.25) is 0 Å². The lowest BCUT2D eigenvalue weighted by molar-refractivity contribution is -0.0403. The van der Waals surface area contributed by atoms with Crippen LogP contribution in [0.2, 0.25) is 0 Å². The third kappa shape index (κ3) is 2.54. The van der Waals surface area contributed by atoms with Gasteiger partial charge >= 0.3 is 0 Å². The average molecular weight is 267 g/mol. The maximum absolute atomic E-state index is 5.81. The molecule has 2 rings (SSSR count). The topological polar surface area (TPSA) is 60.2 Å². The van der Waals surface area contributed by atoms with E-state index in [1.165, 1.54) is 0 Å². The Morgan fingerprint density at radius 1 is 1.42 bits per heavy atom. The molecule has 1 aliphatic rings. The van der Waals surface area contributed by atoms with Gasteiger partial charge in [-0.25, -0.2) is 0 Å². The van der Waals surface area contributed by atoms with Crippen molar-refractivity contribution in [1.82, 2.24) is 15.5 Å². The zero-order chi connectivity index (χ0) is 13.9. The van der Waals surface area contributed by atoms with Crippen molar-refractivity contribution in [3.63, 3.8) is 0 Å². The van der Waals surface area contributed by atoms with Gasteiger partial charge in [-0.1, -0.05) is 19.0 Å². The van der Waals surface area contributed by atoms with Crippen molar-refractivity contribution in [2.24, 2.45) is 0 Å². The van der Waals surface area contributed by atoms with E-state index in [0.29, 0.717) is 12.4 Å². The summed E-state index contributed by atoms with van der Waals surface area (Å²) in [4.78, 5) is 4.65. The van der Waals surface area contributed by atoms with Crippen LogP contribution in [0.3, 0.4) is 0 Å². The van der Waals surface area contributed by atoms with Crippen LogP contribution in [-0.4, -0.2) is 29.8 Å². The first-order valence-electron chi connectivity index (χ1n) is 7.29. The number of hydrogen-bond donors (Lipinski definition) is 1. The molecule has 0 radical (unpaired) electrons. The lowest BCUT2D eigenvalue weighted by atomic mass is 9.84. The van der Waals surface area contributed by atoms with E-state index in [4.69, 9.17) is 9.26 Å². The molecular formula is C14H25N3O2. The molecule has 0 spiro atoms. The largest absolute Gasteiger partial charge is 0.367 e. The normalized spacial score (nSPS) is 26.5. The van der Waals surface area contributed by atoms with Crippen molar-refractivity contribution < 1.29 is 9.26 Å². The summed E-state index contributed by atoms with van der Waals surface area (Å²) in [5.74, 6) is 1.43. The zero-order valence-corrected chi connectivity index (χ0v) is 12.5. The number of nitrogens with zero attached hydrogens (tertiary/aromatic N) is 2. The first kappa shape index (κ1) is 14.5. The Kier molecular flexibility index (Phi) is 4.26. The number of nitrogens with one attached hydrogen (secondary N) is 1. The Morgan fingerprint density at radius 3 is 2.74 bits per heavy atom. The number of aromatic nitrogens is 2. The molecule has 2 unspecified atom stereocenters. The van der Waals surface area contributed by atoms with Crippen LogP contribution >= 0.6 is 0 Å². The predicted molar refractivity (Wildman–Crippen MR) is 73.0 cm³/mol. The second-order valence-corrected chi connectivity index (χ2v) is 5.50. The molecule has 1 saturated heterocycles. The first-order chi connectivity index (χ1) is 9.10. The molecule has 1 aromatic heterocycles. The zero-order valence-electron chi connectivity index (χ0n) is 12.5. The van der Waals surface area contributed by atoms with E-state index < -0.39 is 5.60 Å². The van der Waals surface area contributed by atoms with Crippen molar-refractivity contribution >= 4 is 0 Å². The number of hydrogen-bond acceptors (Lipinski definition) is 5. The molecule has 1 aliphatic heterocycles. The van der Waals surface area contributed by atoms with Crippen molar-refractivity contribution in [1.29, 1.82) is 0 Å². The summed E-state index contributed by atoms with van der Waals surface area (Å²) in [5.41, 5.74) is -0.441. The number of ether oxygens (including phenoxy) is 1. The van der Waals surface area contributed by atoms with Crippen LogP contribution in [0.5, 0.6) is 0 Å². The molecule has 0 aliphatic carbocycles. The third-order valence-corrected chi connectivity index (χ3v) is 4.41. The van der Waals surface area contributed by atoms with Gasteiger partial charge in [0.05, 0.1) is 5.41 Å². The van der Waals surface area contributed by atoms with E-state index in [9.17, 15) is 0 Å². The molecule has 1 aromatic rings. The Balaban J connectivity index is 2.27. The fraction of sp³-hybridized carbons (Fsp3) is 0.857. The van der Waals surface area contributed by atoms with Gasteiger partial charge in [0, 0.05) is 13.2 Å². The molecule has 108 valence electrons. The Bertz CT molecular complexity index is 413. The van der Waals surface area contributed by atoms with Gasteiger partial charge in [-0.05, 0) is 39.7 Å². The van der Waals surface area contributed by atoms with E-state index >= 15 is 0 Å². The van der Waals surface area contributed by atoms with Gasteiger partial charge in [-0.15, -0.1) is 0 Å². The van der Waals surface area contributed by atoms with Crippen molar-refractivity contribution in [3.8, 4) is 0 Å². The maximum atomic E-state index is 5.81. The fourth-order valence-corrected chi connectivity index (χ4v) is 2.68. The monoisotopic (exact) mass is 267 g/mol. The standard InChI is InChI=1S/C14H25N3O2/c1-5-13(4,18-7-3)11-16-12(19-17-11)14(6-2)8-9-15-10-14/h15H,5-10H2,1-4H3. The molecular weight excluding hydrogens is 242 g/mol. The summed E-state index contributed by atoms with van der Waals surface area (Å²) >= 11 is 0. The smallest absolute Gasteiger partial charge is 0.234 e. The van der Waals surface area contributed by atoms with Gasteiger partial charge in [0.1, 0.15) is 5.60 Å². The molecule has 19 heavy (non-hydrogen) atoms. The second-order valence-electron chi connectivity index (χ2n) is 5.50. The van der Waals surface area contributed by atoms with Crippen LogP contribution in [0.15, 0.2) is 4.52 Å². The average Bonchev–Trinajstić information content (AvgIpc) is 3.08. The van der Waals surface area contributed by atoms with Crippen LogP contribution in [-0.2, 0) is 15.8 Å². The summed E-state index contributed by atoms with van der Waals surface area (Å²) in [6.07, 6.45) is 2.90. The molecule has 0 aromatic carbocycles. The molecule has 2 atom stereocenters. The summed E-state index contributed by atoms with van der Waals surface area (Å²) in [6.45, 7) is 10.9. The summed E-state index contributed by atoms with van der Waals surface area (Å²) in [5, 5.41) is 7.57. The van der Waals surface area contributed by atoms with E-state index in [1.54, 1.807) is 0 Å². The minimum Gasteiger partial charge on any atom is -0.367 e. The first-order valence-corrected chi connectivity index (χ1v) is 7.29. The second kappa shape index (κ2) is 5.59. The van der Waals surface area contributed by atoms with Gasteiger partial charge < -0.3 is 14.6 Å². The minimum absolute atomic E-state index is 0.00607. The number of rotatable bonds is 6. The molecule has 5 heteroatoms. The van der Waals surface area contributed by atoms with Crippen molar-refractivity contribution in [3.05, 3.63) is 11.7 Å². The highest BCUT2D eigenvalue weighted by atomic mass is 16.5. The van der Waals surface area contributed by atoms with Crippen LogP contribution in [0.4, 0.5) is 0 Å². The van der Waals surface area contributed by atoms with Gasteiger partial charge in [0.2, 0.25) is 11.7 Å². The van der Waals surface area contributed by atoms with Gasteiger partial charge in [0.15, 0.2) is 0 Å². The van der Waals surface area contributed by atoms with E-state index in [2.05, 4.69) is 29.3 Å². The Morgan fingerprint density at radius 2 is 2.21 bits per heavy atom. The lowest BCUT2D eigenvalue weighted by Crippen LogP contribution is -2.30. The van der Waals surface area contributed by atoms with Crippen LogP contribution < -0.4 is 5.32 Å². The van der Waals surface area contributed by atoms with Crippen LogP contribution in [0.25, 0.3) is 0 Å². The van der Waals surface area contributed by atoms with E-state index in [0.717, 1.165) is 38.2 Å². The Labute approximate surface area is 115 Å². The quantitative estimate of drug-likeness (QED) is 0.857. The highest BCUT2D eigenvalue weighted by Gasteiger charge is 2.41. The molecule has 5 nitrogen and oxygen atoms in total. The predicted octanol–water partition coefficient (Wildman–Crippen LogP) is 2.37. The molecule has 0 bridgehead atoms. The molecule has 0 saturated carbocycles. The molecule has 2 heterocycles. The summed E-state index contributed by atoms with van der Waals surface area (Å²) < 4.78 is 11.4. The highest BCUT2D eigenvalue weighted by molar-refractivity contribution is 5.11. The summed E-state index contributed by atoms with van der Waals surface area (Å²) in [7, 11) is 0. The SMILES string of the molecule is CCOC(C)(CC)c1noc(C2(CC)CCNC2)n1. The van der Waals surface area contributed by atoms with Gasteiger partial charge in [0.25, 0.3) is 0 Å². The van der Waals surface area contributed by atoms with E-state index in [-0.39, 0.29) is 5.41 Å². The third-order valence-electron chi connectivity index (χ3n) is 4.41. The Hall–Kier alpha value is -0.940. The van der Waals surface area contributed by atoms with E-state index in [1.807, 2.05) is 13.8 Å². The van der Waals surface area contributed by atoms with Crippen molar-refractivity contribution in [2.45, 2.75) is 58.0 Å². The fourth-order valence-electron chi connectivity index (χ4n) is 2.68. The summed E-state index contributed by atoms with van der Waals surface area (Å²) in [6, 6.07) is 0. The maximum Gasteiger partial charge on any atom is 0.234 e. The molecule has 1 fully saturated rings. The lowest BCUT2D eigenvalue weighted by Gasteiger charge is -2.24. The minimum atomic E-state index is -0.447. The van der Waals surface area contributed by atoms with Gasteiger partial charge in [-0.2, -0.15) is 4.98 Å². The van der Waals surface area contributed by atoms with Crippen LogP contribution in [0.1, 0.15) is 58.7 Å². The molecule has 1 N–H and O–H groups in total. The molecule has 0 amide bonds. The highest BCUT2D eigenvalue weighted by Crippen LogP contribution is 2.35.